The van der Waals surface area contributed by atoms with Gasteiger partial charge in [0.2, 0.25) is 5.91 Å². The van der Waals surface area contributed by atoms with E-state index < -0.39 is 5.82 Å². The van der Waals surface area contributed by atoms with Crippen LogP contribution in [0.25, 0.3) is 0 Å². The van der Waals surface area contributed by atoms with Gasteiger partial charge in [0, 0.05) is 28.4 Å². The Kier molecular flexibility index (Phi) is 8.93. The summed E-state index contributed by atoms with van der Waals surface area (Å²) in [5, 5.41) is 0. The predicted octanol–water partition coefficient (Wildman–Crippen LogP) is 6.05. The number of rotatable bonds is 10. The van der Waals surface area contributed by atoms with E-state index in [4.69, 9.17) is 0 Å². The highest BCUT2D eigenvalue weighted by Crippen LogP contribution is 2.20. The van der Waals surface area contributed by atoms with Crippen LogP contribution in [0.5, 0.6) is 0 Å². The van der Waals surface area contributed by atoms with Gasteiger partial charge in [-0.05, 0) is 66.9 Å². The van der Waals surface area contributed by atoms with E-state index in [0.717, 1.165) is 21.7 Å². The normalized spacial score (nSPS) is 11.8. The molecule has 0 aliphatic carbocycles. The van der Waals surface area contributed by atoms with Crippen LogP contribution >= 0.6 is 11.3 Å². The van der Waals surface area contributed by atoms with E-state index in [1.54, 1.807) is 33.3 Å². The quantitative estimate of drug-likeness (QED) is 0.351. The van der Waals surface area contributed by atoms with E-state index >= 15 is 0 Å². The Morgan fingerprint density at radius 2 is 1.50 bits per heavy atom. The van der Waals surface area contributed by atoms with Crippen molar-refractivity contribution in [3.63, 3.8) is 0 Å². The largest absolute Gasteiger partial charge is 0.332 e. The van der Waals surface area contributed by atoms with Gasteiger partial charge in [0.15, 0.2) is 0 Å². The van der Waals surface area contributed by atoms with Gasteiger partial charge in [0.25, 0.3) is 5.91 Å². The van der Waals surface area contributed by atoms with Crippen LogP contribution in [-0.2, 0) is 17.9 Å². The van der Waals surface area contributed by atoms with Gasteiger partial charge in [0.05, 0.1) is 6.54 Å². The highest BCUT2D eigenvalue weighted by Gasteiger charge is 2.24. The van der Waals surface area contributed by atoms with Crippen LogP contribution in [-0.4, -0.2) is 34.7 Å². The number of hydrogen-bond acceptors (Lipinski definition) is 3. The van der Waals surface area contributed by atoms with Crippen LogP contribution in [0, 0.1) is 24.5 Å². The highest BCUT2D eigenvalue weighted by atomic mass is 32.1. The fourth-order valence-corrected chi connectivity index (χ4v) is 4.47. The third-order valence-corrected chi connectivity index (χ3v) is 6.70. The first-order chi connectivity index (χ1) is 16.2. The molecule has 0 radical (unpaired) electrons. The van der Waals surface area contributed by atoms with E-state index in [1.807, 2.05) is 32.9 Å². The molecule has 0 bridgehead atoms. The number of amides is 2. The maximum atomic E-state index is 13.5. The van der Waals surface area contributed by atoms with Crippen molar-refractivity contribution < 1.29 is 18.4 Å². The first-order valence-corrected chi connectivity index (χ1v) is 12.2. The first-order valence-electron chi connectivity index (χ1n) is 11.4. The lowest BCUT2D eigenvalue weighted by molar-refractivity contribution is -0.133. The van der Waals surface area contributed by atoms with E-state index in [-0.39, 0.29) is 30.1 Å². The molecule has 7 heteroatoms. The summed E-state index contributed by atoms with van der Waals surface area (Å²) in [6.07, 6.45) is 0.856. The van der Waals surface area contributed by atoms with E-state index in [2.05, 4.69) is 0 Å². The van der Waals surface area contributed by atoms with Crippen molar-refractivity contribution >= 4 is 23.2 Å². The summed E-state index contributed by atoms with van der Waals surface area (Å²) in [6.45, 7) is 7.10. The smallest absolute Gasteiger partial charge is 0.254 e. The van der Waals surface area contributed by atoms with Crippen LogP contribution in [0.3, 0.4) is 0 Å². The van der Waals surface area contributed by atoms with E-state index in [0.29, 0.717) is 25.2 Å². The molecule has 0 saturated carbocycles. The second-order valence-electron chi connectivity index (χ2n) is 8.59. The monoisotopic (exact) mass is 484 g/mol. The van der Waals surface area contributed by atoms with Gasteiger partial charge in [0.1, 0.15) is 18.2 Å². The fraction of sp³-hybridized carbons (Fsp3) is 0.333. The average molecular weight is 485 g/mol. The minimum absolute atomic E-state index is 0.0912. The molecule has 0 aliphatic rings. The number of thiophene rings is 1. The molecule has 1 heterocycles. The van der Waals surface area contributed by atoms with Gasteiger partial charge in [-0.1, -0.05) is 32.4 Å². The minimum atomic E-state index is -0.419. The number of carbonyl (C=O) groups is 2. The number of aryl methyl sites for hydroxylation is 1. The van der Waals surface area contributed by atoms with Gasteiger partial charge < -0.3 is 9.80 Å². The molecule has 3 rings (SSSR count). The molecule has 34 heavy (non-hydrogen) atoms. The molecule has 1 atom stereocenters. The van der Waals surface area contributed by atoms with E-state index in [1.165, 1.54) is 36.4 Å². The number of hydrogen-bond donors (Lipinski definition) is 0. The highest BCUT2D eigenvalue weighted by molar-refractivity contribution is 7.11. The second kappa shape index (κ2) is 11.9. The number of halogens is 2. The summed E-state index contributed by atoms with van der Waals surface area (Å²) in [5.74, 6) is -1.06. The van der Waals surface area contributed by atoms with Crippen molar-refractivity contribution in [2.45, 2.75) is 40.3 Å². The Labute approximate surface area is 203 Å². The van der Waals surface area contributed by atoms with Crippen molar-refractivity contribution in [1.29, 1.82) is 0 Å². The van der Waals surface area contributed by atoms with Crippen LogP contribution < -0.4 is 0 Å². The SMILES string of the molecule is CCC(C)CN(CC(=O)N(Cc1ccc(F)cc1)Cc1ccc(C)s1)C(=O)c1ccc(F)cc1. The Morgan fingerprint density at radius 3 is 2.06 bits per heavy atom. The van der Waals surface area contributed by atoms with Gasteiger partial charge in [-0.3, -0.25) is 9.59 Å². The minimum Gasteiger partial charge on any atom is -0.332 e. The zero-order valence-corrected chi connectivity index (χ0v) is 20.6. The lowest BCUT2D eigenvalue weighted by atomic mass is 10.1. The van der Waals surface area contributed by atoms with Crippen LogP contribution in [0.2, 0.25) is 0 Å². The molecular formula is C27H30F2N2O2S. The van der Waals surface area contributed by atoms with Crippen LogP contribution in [0.15, 0.2) is 60.7 Å². The fourth-order valence-electron chi connectivity index (χ4n) is 3.56. The van der Waals surface area contributed by atoms with Crippen molar-refractivity contribution in [3.8, 4) is 0 Å². The third kappa shape index (κ3) is 7.22. The first kappa shape index (κ1) is 25.6. The predicted molar refractivity (Wildman–Crippen MR) is 131 cm³/mol. The second-order valence-corrected chi connectivity index (χ2v) is 9.97. The summed E-state index contributed by atoms with van der Waals surface area (Å²) in [5.41, 5.74) is 1.15. The van der Waals surface area contributed by atoms with Gasteiger partial charge in [-0.25, -0.2) is 8.78 Å². The van der Waals surface area contributed by atoms with E-state index in [9.17, 15) is 18.4 Å². The molecule has 0 aliphatic heterocycles. The number of carbonyl (C=O) groups excluding carboxylic acids is 2. The van der Waals surface area contributed by atoms with Crippen LogP contribution in [0.1, 0.15) is 45.9 Å². The Morgan fingerprint density at radius 1 is 0.882 bits per heavy atom. The van der Waals surface area contributed by atoms with Crippen molar-refractivity contribution in [2.24, 2.45) is 5.92 Å². The summed E-state index contributed by atoms with van der Waals surface area (Å²) in [4.78, 5) is 32.1. The molecule has 0 spiro atoms. The summed E-state index contributed by atoms with van der Waals surface area (Å²) < 4.78 is 26.8. The number of benzene rings is 2. The summed E-state index contributed by atoms with van der Waals surface area (Å²) in [6, 6.07) is 15.5. The molecule has 0 fully saturated rings. The van der Waals surface area contributed by atoms with Crippen molar-refractivity contribution in [3.05, 3.63) is 93.2 Å². The zero-order valence-electron chi connectivity index (χ0n) is 19.8. The van der Waals surface area contributed by atoms with Gasteiger partial charge in [-0.2, -0.15) is 0 Å². The Bertz CT molecular complexity index is 1100. The molecule has 4 nitrogen and oxygen atoms in total. The summed E-state index contributed by atoms with van der Waals surface area (Å²) >= 11 is 1.61. The molecule has 180 valence electrons. The lowest BCUT2D eigenvalue weighted by Gasteiger charge is -2.29. The molecule has 2 aromatic carbocycles. The van der Waals surface area contributed by atoms with Crippen LogP contribution in [0.4, 0.5) is 8.78 Å². The summed E-state index contributed by atoms with van der Waals surface area (Å²) in [7, 11) is 0. The average Bonchev–Trinajstić information content (AvgIpc) is 3.24. The molecule has 0 saturated heterocycles. The Hall–Kier alpha value is -3.06. The maximum absolute atomic E-state index is 13.5. The van der Waals surface area contributed by atoms with Crippen molar-refractivity contribution in [2.75, 3.05) is 13.1 Å². The zero-order chi connectivity index (χ0) is 24.7. The Balaban J connectivity index is 1.83. The lowest BCUT2D eigenvalue weighted by Crippen LogP contribution is -2.44. The standard InChI is InChI=1S/C27H30F2N2O2S/c1-4-19(2)15-31(27(33)22-8-12-24(29)13-9-22)18-26(32)30(17-25-14-5-20(3)34-25)16-21-6-10-23(28)11-7-21/h5-14,19H,4,15-18H2,1-3H3. The molecule has 2 amide bonds. The van der Waals surface area contributed by atoms with Gasteiger partial charge >= 0.3 is 0 Å². The molecule has 1 aromatic heterocycles. The molecule has 3 aromatic rings. The molecule has 1 unspecified atom stereocenters. The molecule has 0 N–H and O–H groups in total. The van der Waals surface area contributed by atoms with Crippen molar-refractivity contribution in [1.82, 2.24) is 9.80 Å². The maximum Gasteiger partial charge on any atom is 0.254 e. The van der Waals surface area contributed by atoms with Gasteiger partial charge in [-0.15, -0.1) is 11.3 Å². The third-order valence-electron chi connectivity index (χ3n) is 5.72. The molecular weight excluding hydrogens is 454 g/mol. The number of nitrogens with zero attached hydrogens (tertiary/aromatic N) is 2. The topological polar surface area (TPSA) is 40.6 Å².